The molecule has 1 aromatic carbocycles. The molecule has 0 aliphatic rings. The van der Waals surface area contributed by atoms with Crippen LogP contribution in [0.3, 0.4) is 0 Å². The molecule has 0 radical (unpaired) electrons. The molecule has 0 fully saturated rings. The van der Waals surface area contributed by atoms with E-state index in [1.54, 1.807) is 12.1 Å². The van der Waals surface area contributed by atoms with E-state index in [0.29, 0.717) is 11.3 Å². The Labute approximate surface area is 93.1 Å². The van der Waals surface area contributed by atoms with Crippen LogP contribution < -0.4 is 0 Å². The van der Waals surface area contributed by atoms with Gasteiger partial charge < -0.3 is 0 Å². The van der Waals surface area contributed by atoms with E-state index in [2.05, 4.69) is 0 Å². The molecular weight excluding hydrogens is 240 g/mol. The summed E-state index contributed by atoms with van der Waals surface area (Å²) in [6.45, 7) is 1.91. The smallest absolute Gasteiger partial charge is 0.207 e. The molecule has 14 heavy (non-hydrogen) atoms. The number of hydrogen-bond acceptors (Lipinski definition) is 3. The molecule has 0 heterocycles. The Bertz CT molecular complexity index is 404. The van der Waals surface area contributed by atoms with Crippen molar-refractivity contribution < 1.29 is 8.42 Å². The van der Waals surface area contributed by atoms with E-state index in [9.17, 15) is 8.42 Å². The van der Waals surface area contributed by atoms with Gasteiger partial charge in [-0.15, -0.1) is 11.8 Å². The van der Waals surface area contributed by atoms with Crippen LogP contribution in [0, 0.1) is 0 Å². The predicted molar refractivity (Wildman–Crippen MR) is 60.6 cm³/mol. The van der Waals surface area contributed by atoms with Crippen LogP contribution in [0.4, 0.5) is 0 Å². The summed E-state index contributed by atoms with van der Waals surface area (Å²) in [4.78, 5) is 0.969. The van der Waals surface area contributed by atoms with Crippen molar-refractivity contribution in [1.29, 1.82) is 0 Å². The second-order valence-corrected chi connectivity index (χ2v) is 6.09. The van der Waals surface area contributed by atoms with E-state index < -0.39 is 9.05 Å². The predicted octanol–water partition coefficient (Wildman–Crippen LogP) is 2.90. The van der Waals surface area contributed by atoms with Gasteiger partial charge in [0.1, 0.15) is 0 Å². The zero-order valence-electron chi connectivity index (χ0n) is 7.95. The van der Waals surface area contributed by atoms with Crippen LogP contribution in [0.5, 0.6) is 0 Å². The van der Waals surface area contributed by atoms with E-state index in [1.807, 2.05) is 19.2 Å². The standard InChI is InChI=1S/C9H11ClO2S2/c1-3-7-5-4-6-8(13-2)9(7)14(10,11)12/h4-6H,3H2,1-2H3. The lowest BCUT2D eigenvalue weighted by molar-refractivity contribution is 0.606. The molecule has 78 valence electrons. The lowest BCUT2D eigenvalue weighted by Gasteiger charge is -2.08. The molecule has 0 aromatic heterocycles. The quantitative estimate of drug-likeness (QED) is 0.611. The normalized spacial score (nSPS) is 11.6. The zero-order valence-corrected chi connectivity index (χ0v) is 10.3. The first kappa shape index (κ1) is 11.9. The maximum Gasteiger partial charge on any atom is 0.262 e. The summed E-state index contributed by atoms with van der Waals surface area (Å²) in [5, 5.41) is 0. The number of aryl methyl sites for hydroxylation is 1. The van der Waals surface area contributed by atoms with E-state index in [0.717, 1.165) is 5.56 Å². The van der Waals surface area contributed by atoms with Gasteiger partial charge in [-0.05, 0) is 24.3 Å². The Balaban J connectivity index is 3.50. The van der Waals surface area contributed by atoms with Crippen molar-refractivity contribution in [3.63, 3.8) is 0 Å². The van der Waals surface area contributed by atoms with E-state index in [4.69, 9.17) is 10.7 Å². The van der Waals surface area contributed by atoms with Crippen molar-refractivity contribution in [2.24, 2.45) is 0 Å². The highest BCUT2D eigenvalue weighted by molar-refractivity contribution is 8.14. The summed E-state index contributed by atoms with van der Waals surface area (Å²) >= 11 is 1.39. The average Bonchev–Trinajstić information content (AvgIpc) is 2.15. The molecule has 0 saturated heterocycles. The highest BCUT2D eigenvalue weighted by Crippen LogP contribution is 2.30. The Morgan fingerprint density at radius 1 is 1.43 bits per heavy atom. The van der Waals surface area contributed by atoms with Crippen LogP contribution in [-0.2, 0) is 15.5 Å². The lowest BCUT2D eigenvalue weighted by atomic mass is 10.2. The molecule has 0 spiro atoms. The van der Waals surface area contributed by atoms with Crippen LogP contribution >= 0.6 is 22.4 Å². The summed E-state index contributed by atoms with van der Waals surface area (Å²) in [5.41, 5.74) is 0.770. The number of rotatable bonds is 3. The number of halogens is 1. The van der Waals surface area contributed by atoms with Crippen molar-refractivity contribution in [2.75, 3.05) is 6.26 Å². The molecule has 0 bridgehead atoms. The largest absolute Gasteiger partial charge is 0.262 e. The van der Waals surface area contributed by atoms with Gasteiger partial charge >= 0.3 is 0 Å². The number of thioether (sulfide) groups is 1. The van der Waals surface area contributed by atoms with E-state index >= 15 is 0 Å². The molecule has 0 aliphatic heterocycles. The van der Waals surface area contributed by atoms with Crippen LogP contribution in [0.1, 0.15) is 12.5 Å². The number of hydrogen-bond donors (Lipinski definition) is 0. The summed E-state index contributed by atoms with van der Waals surface area (Å²) in [6, 6.07) is 5.39. The molecule has 0 atom stereocenters. The van der Waals surface area contributed by atoms with Gasteiger partial charge in [-0.2, -0.15) is 0 Å². The third-order valence-electron chi connectivity index (χ3n) is 1.91. The lowest BCUT2D eigenvalue weighted by Crippen LogP contribution is -1.99. The highest BCUT2D eigenvalue weighted by Gasteiger charge is 2.18. The summed E-state index contributed by atoms with van der Waals surface area (Å²) in [7, 11) is 1.75. The van der Waals surface area contributed by atoms with Crippen LogP contribution in [0.25, 0.3) is 0 Å². The summed E-state index contributed by atoms with van der Waals surface area (Å²) in [6.07, 6.45) is 2.50. The minimum Gasteiger partial charge on any atom is -0.207 e. The molecule has 1 aromatic rings. The third kappa shape index (κ3) is 2.43. The first-order valence-electron chi connectivity index (χ1n) is 4.11. The van der Waals surface area contributed by atoms with Gasteiger partial charge in [0.05, 0.1) is 4.90 Å². The second kappa shape index (κ2) is 4.55. The fraction of sp³-hybridized carbons (Fsp3) is 0.333. The molecule has 0 N–H and O–H groups in total. The van der Waals surface area contributed by atoms with Crippen LogP contribution in [-0.4, -0.2) is 14.7 Å². The third-order valence-corrected chi connectivity index (χ3v) is 4.25. The maximum atomic E-state index is 11.3. The Morgan fingerprint density at radius 2 is 2.07 bits per heavy atom. The highest BCUT2D eigenvalue weighted by atomic mass is 35.7. The minimum absolute atomic E-state index is 0.261. The van der Waals surface area contributed by atoms with Crippen molar-refractivity contribution in [1.82, 2.24) is 0 Å². The Morgan fingerprint density at radius 3 is 2.50 bits per heavy atom. The van der Waals surface area contributed by atoms with Crippen molar-refractivity contribution in [2.45, 2.75) is 23.1 Å². The Kier molecular flexibility index (Phi) is 3.86. The minimum atomic E-state index is -3.64. The first-order chi connectivity index (χ1) is 6.50. The van der Waals surface area contributed by atoms with Crippen LogP contribution in [0.15, 0.2) is 28.0 Å². The fourth-order valence-corrected chi connectivity index (χ4v) is 3.91. The number of benzene rings is 1. The van der Waals surface area contributed by atoms with E-state index in [-0.39, 0.29) is 4.90 Å². The molecule has 0 unspecified atom stereocenters. The van der Waals surface area contributed by atoms with Crippen molar-refractivity contribution in [3.05, 3.63) is 23.8 Å². The van der Waals surface area contributed by atoms with Crippen LogP contribution in [0.2, 0.25) is 0 Å². The molecule has 0 amide bonds. The second-order valence-electron chi connectivity index (χ2n) is 2.74. The molecule has 0 saturated carbocycles. The van der Waals surface area contributed by atoms with Gasteiger partial charge in [0.15, 0.2) is 0 Å². The molecule has 2 nitrogen and oxygen atoms in total. The van der Waals surface area contributed by atoms with Crippen molar-refractivity contribution >= 4 is 31.5 Å². The maximum absolute atomic E-state index is 11.3. The summed E-state index contributed by atoms with van der Waals surface area (Å²) < 4.78 is 22.7. The monoisotopic (exact) mass is 250 g/mol. The van der Waals surface area contributed by atoms with Gasteiger partial charge in [0, 0.05) is 15.6 Å². The SMILES string of the molecule is CCc1cccc(SC)c1S(=O)(=O)Cl. The molecule has 5 heteroatoms. The summed E-state index contributed by atoms with van der Waals surface area (Å²) in [5.74, 6) is 0. The molecular formula is C9H11ClO2S2. The van der Waals surface area contributed by atoms with Gasteiger partial charge in [-0.1, -0.05) is 19.1 Å². The first-order valence-corrected chi connectivity index (χ1v) is 7.64. The molecule has 1 rings (SSSR count). The zero-order chi connectivity index (χ0) is 10.8. The van der Waals surface area contributed by atoms with Gasteiger partial charge in [0.25, 0.3) is 9.05 Å². The van der Waals surface area contributed by atoms with Gasteiger partial charge in [-0.3, -0.25) is 0 Å². The molecule has 0 aliphatic carbocycles. The fourth-order valence-electron chi connectivity index (χ4n) is 1.28. The Hall–Kier alpha value is -0.190. The van der Waals surface area contributed by atoms with E-state index in [1.165, 1.54) is 11.8 Å². The van der Waals surface area contributed by atoms with Gasteiger partial charge in [-0.25, -0.2) is 8.42 Å². The average molecular weight is 251 g/mol. The topological polar surface area (TPSA) is 34.1 Å². The van der Waals surface area contributed by atoms with Gasteiger partial charge in [0.2, 0.25) is 0 Å². The van der Waals surface area contributed by atoms with Crippen molar-refractivity contribution in [3.8, 4) is 0 Å².